The molecule has 1 aromatic heterocycles. The third kappa shape index (κ3) is 5.73. The van der Waals surface area contributed by atoms with E-state index < -0.39 is 0 Å². The Hall–Kier alpha value is -2.01. The Bertz CT molecular complexity index is 740. The molecule has 0 unspecified atom stereocenters. The van der Waals surface area contributed by atoms with E-state index in [1.54, 1.807) is 0 Å². The Labute approximate surface area is 165 Å². The van der Waals surface area contributed by atoms with E-state index >= 15 is 0 Å². The van der Waals surface area contributed by atoms with Gasteiger partial charge in [-0.1, -0.05) is 24.4 Å². The highest BCUT2D eigenvalue weighted by molar-refractivity contribution is 6.17. The quantitative estimate of drug-likeness (QED) is 0.397. The second-order valence-corrected chi connectivity index (χ2v) is 7.00. The zero-order chi connectivity index (χ0) is 18.9. The summed E-state index contributed by atoms with van der Waals surface area (Å²) in [5, 5.41) is 3.99. The van der Waals surface area contributed by atoms with Gasteiger partial charge in [0.05, 0.1) is 24.7 Å². The first-order valence-corrected chi connectivity index (χ1v) is 10.2. The van der Waals surface area contributed by atoms with Crippen molar-refractivity contribution in [1.29, 1.82) is 0 Å². The van der Waals surface area contributed by atoms with Crippen molar-refractivity contribution in [2.45, 2.75) is 51.3 Å². The summed E-state index contributed by atoms with van der Waals surface area (Å²) >= 11 is 5.94. The number of hydrogen-bond acceptors (Lipinski definition) is 5. The molecule has 5 nitrogen and oxygen atoms in total. The predicted molar refractivity (Wildman–Crippen MR) is 107 cm³/mol. The predicted octanol–water partition coefficient (Wildman–Crippen LogP) is 5.07. The molecule has 2 aromatic rings. The van der Waals surface area contributed by atoms with Crippen molar-refractivity contribution in [3.8, 4) is 5.75 Å². The number of rotatable bonds is 11. The first-order chi connectivity index (χ1) is 13.3. The molecule has 2 heterocycles. The number of halogens is 1. The molecule has 0 saturated carbocycles. The first kappa shape index (κ1) is 19.7. The number of benzene rings is 1. The molecule has 6 heteroatoms. The van der Waals surface area contributed by atoms with Gasteiger partial charge in [-0.3, -0.25) is 0 Å². The molecule has 0 bridgehead atoms. The summed E-state index contributed by atoms with van der Waals surface area (Å²) in [4.78, 5) is 4.31. The Kier molecular flexibility index (Phi) is 7.57. The van der Waals surface area contributed by atoms with Crippen LogP contribution in [0.25, 0.3) is 0 Å². The van der Waals surface area contributed by atoms with Crippen molar-refractivity contribution in [2.24, 2.45) is 4.99 Å². The van der Waals surface area contributed by atoms with Gasteiger partial charge in [0.1, 0.15) is 18.1 Å². The summed E-state index contributed by atoms with van der Waals surface area (Å²) in [6, 6.07) is 7.96. The number of hydrogen-bond donors (Lipinski definition) is 0. The molecular formula is C21H27ClN2O3. The Balaban J connectivity index is 1.25. The van der Waals surface area contributed by atoms with E-state index in [9.17, 15) is 0 Å². The van der Waals surface area contributed by atoms with Crippen molar-refractivity contribution >= 4 is 17.5 Å². The third-order valence-corrected chi connectivity index (χ3v) is 4.97. The number of aryl methyl sites for hydroxylation is 2. The zero-order valence-corrected chi connectivity index (χ0v) is 16.6. The van der Waals surface area contributed by atoms with Crippen molar-refractivity contribution in [3.05, 3.63) is 46.8 Å². The van der Waals surface area contributed by atoms with Gasteiger partial charge in [0.15, 0.2) is 0 Å². The second kappa shape index (κ2) is 10.4. The normalized spacial score (nSPS) is 13.5. The van der Waals surface area contributed by atoms with Gasteiger partial charge in [0.25, 0.3) is 0 Å². The molecule has 1 aliphatic heterocycles. The van der Waals surface area contributed by atoms with E-state index in [-0.39, 0.29) is 0 Å². The zero-order valence-electron chi connectivity index (χ0n) is 15.9. The summed E-state index contributed by atoms with van der Waals surface area (Å²) in [5.74, 6) is 3.06. The monoisotopic (exact) mass is 390 g/mol. The molecular weight excluding hydrogens is 364 g/mol. The molecule has 0 fully saturated rings. The molecule has 0 spiro atoms. The largest absolute Gasteiger partial charge is 0.494 e. The van der Waals surface area contributed by atoms with Gasteiger partial charge in [-0.25, -0.2) is 4.99 Å². The molecule has 146 valence electrons. The summed E-state index contributed by atoms with van der Waals surface area (Å²) in [5.41, 5.74) is 2.98. The maximum absolute atomic E-state index is 5.94. The summed E-state index contributed by atoms with van der Waals surface area (Å²) in [7, 11) is 0. The van der Waals surface area contributed by atoms with Crippen molar-refractivity contribution < 1.29 is 14.0 Å². The van der Waals surface area contributed by atoms with E-state index in [0.717, 1.165) is 66.6 Å². The standard InChI is InChI=1S/C21H27ClN2O3/c1-16-19(15-22)20(27-24-16)7-5-3-2-4-6-13-25-18-10-8-17(9-11-18)21-23-12-14-26-21/h8-11H,2-7,12-15H2,1H3. The van der Waals surface area contributed by atoms with Crippen LogP contribution < -0.4 is 4.74 Å². The van der Waals surface area contributed by atoms with Crippen molar-refractivity contribution in [2.75, 3.05) is 19.8 Å². The lowest BCUT2D eigenvalue weighted by Crippen LogP contribution is -2.01. The maximum atomic E-state index is 5.94. The molecule has 0 atom stereocenters. The van der Waals surface area contributed by atoms with E-state index in [2.05, 4.69) is 10.1 Å². The molecule has 1 aliphatic rings. The molecule has 0 N–H and O–H groups in total. The van der Waals surface area contributed by atoms with E-state index in [0.29, 0.717) is 12.5 Å². The summed E-state index contributed by atoms with van der Waals surface area (Å²) < 4.78 is 16.6. The van der Waals surface area contributed by atoms with Crippen LogP contribution in [0.1, 0.15) is 54.7 Å². The smallest absolute Gasteiger partial charge is 0.216 e. The topological polar surface area (TPSA) is 56.9 Å². The average molecular weight is 391 g/mol. The summed E-state index contributed by atoms with van der Waals surface area (Å²) in [6.07, 6.45) is 6.63. The van der Waals surface area contributed by atoms with Crippen LogP contribution in [0, 0.1) is 6.92 Å². The lowest BCUT2D eigenvalue weighted by atomic mass is 10.1. The highest BCUT2D eigenvalue weighted by Crippen LogP contribution is 2.19. The Morgan fingerprint density at radius 3 is 2.59 bits per heavy atom. The van der Waals surface area contributed by atoms with E-state index in [1.165, 1.54) is 19.3 Å². The van der Waals surface area contributed by atoms with Crippen molar-refractivity contribution in [3.63, 3.8) is 0 Å². The molecule has 27 heavy (non-hydrogen) atoms. The first-order valence-electron chi connectivity index (χ1n) is 9.68. The minimum atomic E-state index is 0.476. The third-order valence-electron chi connectivity index (χ3n) is 4.70. The van der Waals surface area contributed by atoms with Gasteiger partial charge in [0, 0.05) is 17.5 Å². The second-order valence-electron chi connectivity index (χ2n) is 6.73. The van der Waals surface area contributed by atoms with Gasteiger partial charge in [-0.2, -0.15) is 0 Å². The Morgan fingerprint density at radius 2 is 1.85 bits per heavy atom. The number of nitrogens with zero attached hydrogens (tertiary/aromatic N) is 2. The van der Waals surface area contributed by atoms with Crippen LogP contribution >= 0.6 is 11.6 Å². The van der Waals surface area contributed by atoms with E-state index in [1.807, 2.05) is 31.2 Å². The van der Waals surface area contributed by atoms with Crippen LogP contribution in [-0.4, -0.2) is 30.8 Å². The van der Waals surface area contributed by atoms with Crippen molar-refractivity contribution in [1.82, 2.24) is 5.16 Å². The van der Waals surface area contributed by atoms with Gasteiger partial charge in [-0.15, -0.1) is 11.6 Å². The number of aliphatic imine (C=N–C) groups is 1. The van der Waals surface area contributed by atoms with Gasteiger partial charge < -0.3 is 14.0 Å². The highest BCUT2D eigenvalue weighted by Gasteiger charge is 2.11. The average Bonchev–Trinajstić information content (AvgIpc) is 3.34. The fraction of sp³-hybridized carbons (Fsp3) is 0.524. The minimum absolute atomic E-state index is 0.476. The molecule has 0 amide bonds. The number of unbranched alkanes of at least 4 members (excludes halogenated alkanes) is 4. The lowest BCUT2D eigenvalue weighted by Gasteiger charge is -2.07. The molecule has 0 saturated heterocycles. The Morgan fingerprint density at radius 1 is 1.07 bits per heavy atom. The molecule has 3 rings (SSSR count). The van der Waals surface area contributed by atoms with Crippen LogP contribution in [0.4, 0.5) is 0 Å². The highest BCUT2D eigenvalue weighted by atomic mass is 35.5. The molecule has 0 radical (unpaired) electrons. The van der Waals surface area contributed by atoms with Gasteiger partial charge in [0.2, 0.25) is 5.90 Å². The molecule has 1 aromatic carbocycles. The van der Waals surface area contributed by atoms with E-state index in [4.69, 9.17) is 25.6 Å². The lowest BCUT2D eigenvalue weighted by molar-refractivity contribution is 0.304. The van der Waals surface area contributed by atoms with Crippen LogP contribution in [0.15, 0.2) is 33.8 Å². The van der Waals surface area contributed by atoms with Gasteiger partial charge in [-0.05, 0) is 44.0 Å². The number of ether oxygens (including phenoxy) is 2. The van der Waals surface area contributed by atoms with Crippen LogP contribution in [0.2, 0.25) is 0 Å². The van der Waals surface area contributed by atoms with Crippen LogP contribution in [0.5, 0.6) is 5.75 Å². The minimum Gasteiger partial charge on any atom is -0.494 e. The maximum Gasteiger partial charge on any atom is 0.216 e. The SMILES string of the molecule is Cc1noc(CCCCCCCOc2ccc(C3=NCCO3)cc2)c1CCl. The fourth-order valence-corrected chi connectivity index (χ4v) is 3.46. The fourth-order valence-electron chi connectivity index (χ4n) is 3.11. The van der Waals surface area contributed by atoms with Crippen LogP contribution in [0.3, 0.4) is 0 Å². The van der Waals surface area contributed by atoms with Crippen LogP contribution in [-0.2, 0) is 17.0 Å². The number of aromatic nitrogens is 1. The number of alkyl halides is 1. The summed E-state index contributed by atoms with van der Waals surface area (Å²) in [6.45, 7) is 4.11. The molecule has 0 aliphatic carbocycles. The van der Waals surface area contributed by atoms with Gasteiger partial charge >= 0.3 is 0 Å².